The molecule has 2 aromatic rings. The van der Waals surface area contributed by atoms with Crippen molar-refractivity contribution in [1.29, 1.82) is 0 Å². The number of nitro benzene ring substituents is 1. The first-order valence-electron chi connectivity index (χ1n) is 7.33. The second-order valence-electron chi connectivity index (χ2n) is 4.84. The van der Waals surface area contributed by atoms with E-state index in [1.54, 1.807) is 0 Å². The summed E-state index contributed by atoms with van der Waals surface area (Å²) in [5.74, 6) is 0.0730. The third-order valence-electron chi connectivity index (χ3n) is 2.95. The van der Waals surface area contributed by atoms with Gasteiger partial charge in [0, 0.05) is 17.8 Å². The lowest BCUT2D eigenvalue weighted by molar-refractivity contribution is -0.384. The molecule has 9 nitrogen and oxygen atoms in total. The quantitative estimate of drug-likeness (QED) is 0.240. The molecule has 0 saturated heterocycles. The molecule has 0 saturated carbocycles. The van der Waals surface area contributed by atoms with Gasteiger partial charge in [-0.2, -0.15) is 0 Å². The minimum Gasteiger partial charge on any atom is -0.446 e. The number of rotatable bonds is 6. The molecule has 0 aliphatic heterocycles. The van der Waals surface area contributed by atoms with Crippen LogP contribution in [0.1, 0.15) is 0 Å². The fourth-order valence-corrected chi connectivity index (χ4v) is 2.05. The number of nitro groups is 1. The summed E-state index contributed by atoms with van der Waals surface area (Å²) in [6, 6.07) is 9.35. The van der Waals surface area contributed by atoms with Crippen molar-refractivity contribution in [2.75, 3.05) is 18.5 Å². The number of halogens is 2. The monoisotopic (exact) mass is 414 g/mol. The molecule has 0 fully saturated rings. The van der Waals surface area contributed by atoms with E-state index >= 15 is 0 Å². The molecule has 0 heterocycles. The van der Waals surface area contributed by atoms with Gasteiger partial charge in [0.25, 0.3) is 5.69 Å². The number of ether oxygens (including phenoxy) is 3. The van der Waals surface area contributed by atoms with Crippen LogP contribution in [0, 0.1) is 10.1 Å². The van der Waals surface area contributed by atoms with Crippen molar-refractivity contribution in [3.63, 3.8) is 0 Å². The van der Waals surface area contributed by atoms with Crippen molar-refractivity contribution in [1.82, 2.24) is 0 Å². The van der Waals surface area contributed by atoms with Crippen LogP contribution in [0.4, 0.5) is 21.0 Å². The summed E-state index contributed by atoms with van der Waals surface area (Å²) in [4.78, 5) is 33.0. The summed E-state index contributed by atoms with van der Waals surface area (Å²) in [7, 11) is 0. The van der Waals surface area contributed by atoms with Gasteiger partial charge in [0.1, 0.15) is 19.0 Å². The van der Waals surface area contributed by atoms with E-state index in [-0.39, 0.29) is 29.7 Å². The van der Waals surface area contributed by atoms with Crippen LogP contribution in [-0.2, 0) is 9.47 Å². The van der Waals surface area contributed by atoms with Crippen molar-refractivity contribution in [3.05, 3.63) is 62.6 Å². The second-order valence-corrected chi connectivity index (χ2v) is 5.66. The maximum absolute atomic E-state index is 11.6. The average Bonchev–Trinajstić information content (AvgIpc) is 2.62. The smallest absolute Gasteiger partial charge is 0.446 e. The van der Waals surface area contributed by atoms with Crippen molar-refractivity contribution >= 4 is 46.8 Å². The maximum atomic E-state index is 11.6. The van der Waals surface area contributed by atoms with Gasteiger partial charge < -0.3 is 14.2 Å². The highest BCUT2D eigenvalue weighted by Crippen LogP contribution is 2.25. The average molecular weight is 415 g/mol. The molecule has 0 atom stereocenters. The van der Waals surface area contributed by atoms with E-state index in [9.17, 15) is 19.7 Å². The third kappa shape index (κ3) is 6.65. The number of carbonyl (C=O) groups is 2. The molecule has 1 N–H and O–H groups in total. The van der Waals surface area contributed by atoms with Crippen molar-refractivity contribution in [2.45, 2.75) is 0 Å². The van der Waals surface area contributed by atoms with Gasteiger partial charge in [0.15, 0.2) is 0 Å². The number of hydrogen-bond donors (Lipinski definition) is 1. The number of hydrogen-bond acceptors (Lipinski definition) is 7. The SMILES string of the molecule is O=C(Nc1ccc(Cl)c(Cl)c1)OCCOC(=O)Oc1ccc([N+](=O)[O-])cc1. The highest BCUT2D eigenvalue weighted by molar-refractivity contribution is 6.42. The van der Waals surface area contributed by atoms with Gasteiger partial charge in [-0.1, -0.05) is 23.2 Å². The summed E-state index contributed by atoms with van der Waals surface area (Å²) >= 11 is 11.6. The Morgan fingerprint density at radius 1 is 1.00 bits per heavy atom. The Bertz CT molecular complexity index is 843. The van der Waals surface area contributed by atoms with E-state index in [0.717, 1.165) is 0 Å². The van der Waals surface area contributed by atoms with E-state index < -0.39 is 17.2 Å². The number of anilines is 1. The minimum atomic E-state index is -1.04. The van der Waals surface area contributed by atoms with E-state index in [0.29, 0.717) is 10.7 Å². The zero-order chi connectivity index (χ0) is 19.8. The highest BCUT2D eigenvalue weighted by atomic mass is 35.5. The zero-order valence-electron chi connectivity index (χ0n) is 13.5. The molecule has 0 spiro atoms. The molecular formula is C16H12Cl2N2O7. The number of carbonyl (C=O) groups excluding carboxylic acids is 2. The first kappa shape index (κ1) is 20.3. The predicted octanol–water partition coefficient (Wildman–Crippen LogP) is 4.67. The molecule has 142 valence electrons. The molecule has 27 heavy (non-hydrogen) atoms. The third-order valence-corrected chi connectivity index (χ3v) is 3.69. The highest BCUT2D eigenvalue weighted by Gasteiger charge is 2.10. The Morgan fingerprint density at radius 3 is 2.30 bits per heavy atom. The molecule has 11 heteroatoms. The van der Waals surface area contributed by atoms with Crippen LogP contribution in [0.25, 0.3) is 0 Å². The van der Waals surface area contributed by atoms with Crippen LogP contribution < -0.4 is 10.1 Å². The van der Waals surface area contributed by atoms with Crippen LogP contribution in [-0.4, -0.2) is 30.4 Å². The Labute approximate surface area is 162 Å². The maximum Gasteiger partial charge on any atom is 0.513 e. The number of nitrogens with one attached hydrogen (secondary N) is 1. The minimum absolute atomic E-state index is 0.0730. The summed E-state index contributed by atoms with van der Waals surface area (Å²) in [6.45, 7) is -0.469. The normalized spacial score (nSPS) is 10.0. The lowest BCUT2D eigenvalue weighted by Gasteiger charge is -2.08. The fraction of sp³-hybridized carbons (Fsp3) is 0.125. The van der Waals surface area contributed by atoms with Crippen LogP contribution >= 0.6 is 23.2 Å². The lowest BCUT2D eigenvalue weighted by Crippen LogP contribution is -2.19. The molecule has 0 aliphatic carbocycles. The number of amides is 1. The topological polar surface area (TPSA) is 117 Å². The number of benzene rings is 2. The largest absolute Gasteiger partial charge is 0.513 e. The van der Waals surface area contributed by atoms with Gasteiger partial charge in [-0.15, -0.1) is 0 Å². The van der Waals surface area contributed by atoms with Crippen LogP contribution in [0.2, 0.25) is 10.0 Å². The molecule has 0 unspecified atom stereocenters. The molecule has 2 rings (SSSR count). The van der Waals surface area contributed by atoms with Gasteiger partial charge in [0.05, 0.1) is 15.0 Å². The summed E-state index contributed by atoms with van der Waals surface area (Å²) < 4.78 is 14.4. The van der Waals surface area contributed by atoms with E-state index in [1.807, 2.05) is 0 Å². The summed E-state index contributed by atoms with van der Waals surface area (Å²) in [5.41, 5.74) is 0.241. The Morgan fingerprint density at radius 2 is 1.67 bits per heavy atom. The van der Waals surface area contributed by atoms with Gasteiger partial charge >= 0.3 is 12.2 Å². The molecular weight excluding hydrogens is 403 g/mol. The zero-order valence-corrected chi connectivity index (χ0v) is 15.0. The van der Waals surface area contributed by atoms with Gasteiger partial charge in [-0.25, -0.2) is 9.59 Å². The van der Waals surface area contributed by atoms with Gasteiger partial charge in [-0.3, -0.25) is 15.4 Å². The van der Waals surface area contributed by atoms with Crippen LogP contribution in [0.3, 0.4) is 0 Å². The first-order chi connectivity index (χ1) is 12.8. The Balaban J connectivity index is 1.68. The Kier molecular flexibility index (Phi) is 7.21. The molecule has 2 aromatic carbocycles. The molecule has 0 bridgehead atoms. The summed E-state index contributed by atoms with van der Waals surface area (Å²) in [6.07, 6.45) is -1.82. The van der Waals surface area contributed by atoms with Gasteiger partial charge in [-0.05, 0) is 30.3 Å². The fourth-order valence-electron chi connectivity index (χ4n) is 1.75. The molecule has 0 aliphatic rings. The van der Waals surface area contributed by atoms with Crippen molar-refractivity contribution < 1.29 is 28.7 Å². The lowest BCUT2D eigenvalue weighted by atomic mass is 10.3. The number of non-ortho nitro benzene ring substituents is 1. The van der Waals surface area contributed by atoms with Crippen LogP contribution in [0.5, 0.6) is 5.75 Å². The van der Waals surface area contributed by atoms with Crippen molar-refractivity contribution in [2.24, 2.45) is 0 Å². The van der Waals surface area contributed by atoms with Crippen LogP contribution in [0.15, 0.2) is 42.5 Å². The number of nitrogens with zero attached hydrogens (tertiary/aromatic N) is 1. The van der Waals surface area contributed by atoms with Crippen molar-refractivity contribution in [3.8, 4) is 5.75 Å². The summed E-state index contributed by atoms with van der Waals surface area (Å²) in [5, 5.41) is 13.6. The standard InChI is InChI=1S/C16H12Cl2N2O7/c17-13-6-1-10(9-14(13)18)19-15(21)25-7-8-26-16(22)27-12-4-2-11(3-5-12)20(23)24/h1-6,9H,7-8H2,(H,19,21). The van der Waals surface area contributed by atoms with E-state index in [2.05, 4.69) is 5.32 Å². The second kappa shape index (κ2) is 9.60. The molecule has 0 radical (unpaired) electrons. The van der Waals surface area contributed by atoms with E-state index in [4.69, 9.17) is 37.4 Å². The molecule has 0 aromatic heterocycles. The Hall–Kier alpha value is -3.04. The first-order valence-corrected chi connectivity index (χ1v) is 8.08. The van der Waals surface area contributed by atoms with Gasteiger partial charge in [0.2, 0.25) is 0 Å². The molecule has 1 amide bonds. The predicted molar refractivity (Wildman–Crippen MR) is 96.5 cm³/mol. The van der Waals surface area contributed by atoms with E-state index in [1.165, 1.54) is 42.5 Å².